The summed E-state index contributed by atoms with van der Waals surface area (Å²) in [5, 5.41) is 0. The second kappa shape index (κ2) is 14.4. The lowest BCUT2D eigenvalue weighted by molar-refractivity contribution is 0.563. The summed E-state index contributed by atoms with van der Waals surface area (Å²) in [6, 6.07) is 0. The van der Waals surface area contributed by atoms with Gasteiger partial charge in [-0.2, -0.15) is 0 Å². The molecule has 0 N–H and O–H groups in total. The Balaban J connectivity index is 2.98. The highest BCUT2D eigenvalue weighted by Gasteiger charge is 2.07. The van der Waals surface area contributed by atoms with Crippen molar-refractivity contribution in [2.24, 2.45) is 0 Å². The zero-order valence-corrected chi connectivity index (χ0v) is 13.4. The first-order chi connectivity index (χ1) is 8.31. The van der Waals surface area contributed by atoms with Crippen molar-refractivity contribution in [3.05, 3.63) is 0 Å². The van der Waals surface area contributed by atoms with Gasteiger partial charge in [0.25, 0.3) is 0 Å². The molecular formula is C16H35S+. The normalized spacial score (nSPS) is 12.9. The molecule has 0 aliphatic heterocycles. The van der Waals surface area contributed by atoms with Crippen LogP contribution in [0.1, 0.15) is 84.5 Å². The van der Waals surface area contributed by atoms with Gasteiger partial charge >= 0.3 is 0 Å². The molecule has 0 amide bonds. The van der Waals surface area contributed by atoms with Gasteiger partial charge in [0, 0.05) is 0 Å². The minimum atomic E-state index is 0.717. The van der Waals surface area contributed by atoms with Crippen molar-refractivity contribution in [3.63, 3.8) is 0 Å². The minimum Gasteiger partial charge on any atom is -0.0654 e. The van der Waals surface area contributed by atoms with Gasteiger partial charge in [-0.25, -0.2) is 0 Å². The van der Waals surface area contributed by atoms with Crippen molar-refractivity contribution in [2.45, 2.75) is 84.5 Å². The van der Waals surface area contributed by atoms with E-state index in [1.165, 1.54) is 82.1 Å². The Labute approximate surface area is 113 Å². The monoisotopic (exact) mass is 259 g/mol. The SMILES string of the molecule is CCCCCCCCCCCC[S+](C)CCC. The van der Waals surface area contributed by atoms with Gasteiger partial charge in [0.2, 0.25) is 0 Å². The fraction of sp³-hybridized carbons (Fsp3) is 1.00. The van der Waals surface area contributed by atoms with Crippen LogP contribution in [0.3, 0.4) is 0 Å². The molecule has 0 radical (unpaired) electrons. The van der Waals surface area contributed by atoms with Gasteiger partial charge < -0.3 is 0 Å². The summed E-state index contributed by atoms with van der Waals surface area (Å²) >= 11 is 0. The molecule has 0 nitrogen and oxygen atoms in total. The largest absolute Gasteiger partial charge is 0.107 e. The highest BCUT2D eigenvalue weighted by molar-refractivity contribution is 7.96. The molecule has 0 aliphatic rings. The summed E-state index contributed by atoms with van der Waals surface area (Å²) in [5.74, 6) is 2.95. The second-order valence-electron chi connectivity index (χ2n) is 5.37. The van der Waals surface area contributed by atoms with Gasteiger partial charge in [0.1, 0.15) is 11.5 Å². The third-order valence-electron chi connectivity index (χ3n) is 3.40. The number of unbranched alkanes of at least 4 members (excludes halogenated alkanes) is 9. The van der Waals surface area contributed by atoms with E-state index < -0.39 is 0 Å². The van der Waals surface area contributed by atoms with E-state index in [1.807, 2.05) is 0 Å². The van der Waals surface area contributed by atoms with Gasteiger partial charge in [-0.1, -0.05) is 65.2 Å². The molecule has 1 unspecified atom stereocenters. The Bertz CT molecular complexity index is 133. The third kappa shape index (κ3) is 14.3. The lowest BCUT2D eigenvalue weighted by atomic mass is 10.1. The van der Waals surface area contributed by atoms with Crippen LogP contribution in [0.4, 0.5) is 0 Å². The van der Waals surface area contributed by atoms with Crippen molar-refractivity contribution in [3.8, 4) is 0 Å². The summed E-state index contributed by atoms with van der Waals surface area (Å²) in [6.45, 7) is 4.60. The Hall–Kier alpha value is 0.350. The first kappa shape index (κ1) is 17.4. The predicted molar refractivity (Wildman–Crippen MR) is 85.2 cm³/mol. The molecule has 0 saturated carbocycles. The Morgan fingerprint density at radius 1 is 0.529 bits per heavy atom. The van der Waals surface area contributed by atoms with Gasteiger partial charge in [-0.15, -0.1) is 0 Å². The van der Waals surface area contributed by atoms with Crippen LogP contribution < -0.4 is 0 Å². The van der Waals surface area contributed by atoms with E-state index in [1.54, 1.807) is 0 Å². The van der Waals surface area contributed by atoms with Crippen LogP contribution in [-0.4, -0.2) is 17.8 Å². The summed E-state index contributed by atoms with van der Waals surface area (Å²) in [4.78, 5) is 0. The van der Waals surface area contributed by atoms with Crippen molar-refractivity contribution >= 4 is 10.9 Å². The lowest BCUT2D eigenvalue weighted by Crippen LogP contribution is -2.08. The van der Waals surface area contributed by atoms with Crippen LogP contribution in [0.2, 0.25) is 0 Å². The molecule has 0 rings (SSSR count). The van der Waals surface area contributed by atoms with Crippen LogP contribution in [0, 0.1) is 0 Å². The van der Waals surface area contributed by atoms with Crippen molar-refractivity contribution in [1.29, 1.82) is 0 Å². The zero-order chi connectivity index (χ0) is 12.8. The van der Waals surface area contributed by atoms with E-state index in [0.29, 0.717) is 0 Å². The molecule has 0 spiro atoms. The fourth-order valence-corrected chi connectivity index (χ4v) is 3.88. The molecule has 104 valence electrons. The van der Waals surface area contributed by atoms with E-state index in [-0.39, 0.29) is 0 Å². The summed E-state index contributed by atoms with van der Waals surface area (Å²) in [7, 11) is 0.717. The molecule has 0 aliphatic carbocycles. The number of hydrogen-bond donors (Lipinski definition) is 0. The molecule has 1 heteroatoms. The topological polar surface area (TPSA) is 0 Å². The molecule has 0 fully saturated rings. The van der Waals surface area contributed by atoms with Gasteiger partial charge in [0.05, 0.1) is 6.26 Å². The second-order valence-corrected chi connectivity index (χ2v) is 7.75. The van der Waals surface area contributed by atoms with Crippen LogP contribution >= 0.6 is 0 Å². The zero-order valence-electron chi connectivity index (χ0n) is 12.6. The van der Waals surface area contributed by atoms with Crippen molar-refractivity contribution < 1.29 is 0 Å². The molecule has 0 saturated heterocycles. The van der Waals surface area contributed by atoms with Gasteiger partial charge in [0.15, 0.2) is 0 Å². The maximum Gasteiger partial charge on any atom is 0.107 e. The standard InChI is InChI=1S/C16H35S/c1-4-6-7-8-9-10-11-12-13-14-16-17(3)15-5-2/h4-16H2,1-3H3/q+1. The molecule has 17 heavy (non-hydrogen) atoms. The van der Waals surface area contributed by atoms with E-state index in [9.17, 15) is 0 Å². The highest BCUT2D eigenvalue weighted by atomic mass is 32.2. The maximum absolute atomic E-state index is 2.44. The molecule has 0 heterocycles. The minimum absolute atomic E-state index is 0.717. The Kier molecular flexibility index (Phi) is 14.7. The Morgan fingerprint density at radius 2 is 1.00 bits per heavy atom. The summed E-state index contributed by atoms with van der Waals surface area (Å²) < 4.78 is 0. The smallest absolute Gasteiger partial charge is 0.0654 e. The summed E-state index contributed by atoms with van der Waals surface area (Å²) in [6.07, 6.45) is 18.5. The molecule has 0 bridgehead atoms. The van der Waals surface area contributed by atoms with Crippen LogP contribution in [0.5, 0.6) is 0 Å². The Morgan fingerprint density at radius 3 is 1.47 bits per heavy atom. The van der Waals surface area contributed by atoms with E-state index in [0.717, 1.165) is 10.9 Å². The van der Waals surface area contributed by atoms with Gasteiger partial charge in [-0.3, -0.25) is 0 Å². The average Bonchev–Trinajstić information content (AvgIpc) is 2.32. The average molecular weight is 260 g/mol. The quantitative estimate of drug-likeness (QED) is 0.300. The molecule has 0 aromatic rings. The van der Waals surface area contributed by atoms with Crippen LogP contribution in [-0.2, 0) is 10.9 Å². The number of hydrogen-bond acceptors (Lipinski definition) is 0. The van der Waals surface area contributed by atoms with Gasteiger partial charge in [-0.05, 0) is 30.2 Å². The molecule has 0 aromatic heterocycles. The van der Waals surface area contributed by atoms with E-state index >= 15 is 0 Å². The molecule has 1 atom stereocenters. The first-order valence-electron chi connectivity index (χ1n) is 7.90. The predicted octanol–water partition coefficient (Wildman–Crippen LogP) is 5.57. The number of rotatable bonds is 13. The van der Waals surface area contributed by atoms with E-state index in [2.05, 4.69) is 20.1 Å². The van der Waals surface area contributed by atoms with Crippen LogP contribution in [0.15, 0.2) is 0 Å². The van der Waals surface area contributed by atoms with Crippen LogP contribution in [0.25, 0.3) is 0 Å². The lowest BCUT2D eigenvalue weighted by Gasteiger charge is -2.03. The van der Waals surface area contributed by atoms with E-state index in [4.69, 9.17) is 0 Å². The summed E-state index contributed by atoms with van der Waals surface area (Å²) in [5.41, 5.74) is 0. The molecular weight excluding hydrogens is 224 g/mol. The highest BCUT2D eigenvalue weighted by Crippen LogP contribution is 2.11. The first-order valence-corrected chi connectivity index (χ1v) is 9.87. The van der Waals surface area contributed by atoms with Crippen molar-refractivity contribution in [1.82, 2.24) is 0 Å². The maximum atomic E-state index is 2.44. The third-order valence-corrected chi connectivity index (χ3v) is 5.49. The van der Waals surface area contributed by atoms with Crippen molar-refractivity contribution in [2.75, 3.05) is 17.8 Å². The molecule has 0 aromatic carbocycles. The fourth-order valence-electron chi connectivity index (χ4n) is 2.29.